The van der Waals surface area contributed by atoms with Crippen LogP contribution in [0.25, 0.3) is 0 Å². The first-order valence-corrected chi connectivity index (χ1v) is 13.5. The van der Waals surface area contributed by atoms with Crippen LogP contribution in [0.1, 0.15) is 92.9 Å². The van der Waals surface area contributed by atoms with Crippen molar-refractivity contribution in [3.63, 3.8) is 0 Å². The monoisotopic (exact) mass is 490 g/mol. The normalized spacial score (nSPS) is 23.7. The molecular weight excluding hydrogens is 453 g/mol. The topological polar surface area (TPSA) is 0 Å². The van der Waals surface area contributed by atoms with E-state index in [4.69, 9.17) is 0 Å². The third kappa shape index (κ3) is 6.33. The Morgan fingerprint density at radius 3 is 2.42 bits per heavy atom. The highest BCUT2D eigenvalue weighted by Crippen LogP contribution is 2.48. The Morgan fingerprint density at radius 2 is 1.64 bits per heavy atom. The number of hydrogen-bond acceptors (Lipinski definition) is 0. The van der Waals surface area contributed by atoms with Crippen molar-refractivity contribution in [3.8, 4) is 11.8 Å². The van der Waals surface area contributed by atoms with Gasteiger partial charge in [-0.25, -0.2) is 13.2 Å². The maximum atomic E-state index is 14.9. The molecule has 0 heterocycles. The van der Waals surface area contributed by atoms with Gasteiger partial charge in [0, 0.05) is 0 Å². The van der Waals surface area contributed by atoms with Gasteiger partial charge >= 0.3 is 0 Å². The summed E-state index contributed by atoms with van der Waals surface area (Å²) in [7, 11) is 0. The van der Waals surface area contributed by atoms with Crippen LogP contribution in [0, 0.1) is 47.0 Å². The molecule has 190 valence electrons. The zero-order valence-corrected chi connectivity index (χ0v) is 21.3. The first-order valence-electron chi connectivity index (χ1n) is 13.5. The Labute approximate surface area is 214 Å². The number of rotatable bonds is 7. The van der Waals surface area contributed by atoms with Crippen LogP contribution >= 0.6 is 0 Å². The first kappa shape index (κ1) is 26.3. The number of hydrogen-bond donors (Lipinski definition) is 0. The molecule has 0 N–H and O–H groups in total. The van der Waals surface area contributed by atoms with Crippen molar-refractivity contribution in [2.24, 2.45) is 17.8 Å². The highest BCUT2D eigenvalue weighted by atomic mass is 19.2. The van der Waals surface area contributed by atoms with Gasteiger partial charge in [0.1, 0.15) is 5.82 Å². The minimum Gasteiger partial charge on any atom is -0.206 e. The van der Waals surface area contributed by atoms with Crippen LogP contribution in [0.4, 0.5) is 13.2 Å². The standard InChI is InChI=1S/C33H37F3/c1-3-5-7-9-25-15-16-26(33(36)32(25)35)14-12-24-13-17-30(22-31(24)34)29-19-18-27-20-23(8-6-4-2)10-11-28(27)21-29/h3-5,13,15-17,22-23,27-29H,2,6-11,18-21H2,1H3/b5-3+. The zero-order valence-electron chi connectivity index (χ0n) is 21.3. The Balaban J connectivity index is 1.41. The van der Waals surface area contributed by atoms with E-state index < -0.39 is 11.6 Å². The van der Waals surface area contributed by atoms with Crippen LogP contribution in [-0.2, 0) is 6.42 Å². The fourth-order valence-electron chi connectivity index (χ4n) is 6.21. The summed E-state index contributed by atoms with van der Waals surface area (Å²) in [4.78, 5) is 0. The average Bonchev–Trinajstić information content (AvgIpc) is 2.89. The number of benzene rings is 2. The van der Waals surface area contributed by atoms with E-state index >= 15 is 0 Å². The van der Waals surface area contributed by atoms with Gasteiger partial charge in [0.2, 0.25) is 0 Å². The lowest BCUT2D eigenvalue weighted by atomic mass is 9.63. The highest BCUT2D eigenvalue weighted by Gasteiger charge is 2.35. The number of fused-ring (bicyclic) bond motifs is 1. The zero-order chi connectivity index (χ0) is 25.5. The number of aryl methyl sites for hydroxylation is 1. The molecule has 0 bridgehead atoms. The Kier molecular flexibility index (Phi) is 9.13. The van der Waals surface area contributed by atoms with Crippen LogP contribution < -0.4 is 0 Å². The van der Waals surface area contributed by atoms with E-state index in [9.17, 15) is 13.2 Å². The smallest absolute Gasteiger partial charge is 0.174 e. The molecule has 4 atom stereocenters. The molecule has 0 aromatic heterocycles. The van der Waals surface area contributed by atoms with E-state index in [1.807, 2.05) is 31.2 Å². The van der Waals surface area contributed by atoms with Crippen LogP contribution in [0.5, 0.6) is 0 Å². The lowest BCUT2D eigenvalue weighted by Gasteiger charge is -2.42. The summed E-state index contributed by atoms with van der Waals surface area (Å²) >= 11 is 0. The fourth-order valence-corrected chi connectivity index (χ4v) is 6.21. The summed E-state index contributed by atoms with van der Waals surface area (Å²) in [5.41, 5.74) is 1.53. The largest absolute Gasteiger partial charge is 0.206 e. The van der Waals surface area contributed by atoms with Gasteiger partial charge in [-0.15, -0.1) is 6.58 Å². The Morgan fingerprint density at radius 1 is 0.889 bits per heavy atom. The highest BCUT2D eigenvalue weighted by molar-refractivity contribution is 5.46. The molecule has 2 saturated carbocycles. The molecule has 2 fully saturated rings. The maximum absolute atomic E-state index is 14.9. The van der Waals surface area contributed by atoms with Crippen LogP contribution in [0.2, 0.25) is 0 Å². The van der Waals surface area contributed by atoms with Crippen molar-refractivity contribution in [2.45, 2.75) is 77.0 Å². The molecule has 0 amide bonds. The van der Waals surface area contributed by atoms with E-state index in [-0.39, 0.29) is 16.9 Å². The van der Waals surface area contributed by atoms with Gasteiger partial charge in [0.25, 0.3) is 0 Å². The van der Waals surface area contributed by atoms with Crippen molar-refractivity contribution < 1.29 is 13.2 Å². The molecule has 0 saturated heterocycles. The van der Waals surface area contributed by atoms with E-state index in [2.05, 4.69) is 18.4 Å². The molecule has 4 unspecified atom stereocenters. The second kappa shape index (κ2) is 12.5. The maximum Gasteiger partial charge on any atom is 0.174 e. The minimum atomic E-state index is -0.964. The number of halogens is 3. The molecule has 0 nitrogen and oxygen atoms in total. The van der Waals surface area contributed by atoms with E-state index in [0.717, 1.165) is 42.6 Å². The summed E-state index contributed by atoms with van der Waals surface area (Å²) in [5, 5.41) is 0. The average molecular weight is 491 g/mol. The van der Waals surface area contributed by atoms with Crippen molar-refractivity contribution in [1.29, 1.82) is 0 Å². The lowest BCUT2D eigenvalue weighted by molar-refractivity contribution is 0.115. The predicted octanol–water partition coefficient (Wildman–Crippen LogP) is 9.28. The molecule has 36 heavy (non-hydrogen) atoms. The van der Waals surface area contributed by atoms with Crippen LogP contribution in [0.3, 0.4) is 0 Å². The second-order valence-corrected chi connectivity index (χ2v) is 10.6. The summed E-state index contributed by atoms with van der Waals surface area (Å²) < 4.78 is 43.9. The molecule has 0 radical (unpaired) electrons. The molecular formula is C33H37F3. The van der Waals surface area contributed by atoms with E-state index in [1.165, 1.54) is 38.2 Å². The lowest BCUT2D eigenvalue weighted by Crippen LogP contribution is -2.30. The summed E-state index contributed by atoms with van der Waals surface area (Å²) in [6.07, 6.45) is 16.7. The molecule has 2 aromatic carbocycles. The van der Waals surface area contributed by atoms with Crippen LogP contribution in [0.15, 0.2) is 55.1 Å². The third-order valence-electron chi connectivity index (χ3n) is 8.28. The molecule has 2 aliphatic rings. The summed E-state index contributed by atoms with van der Waals surface area (Å²) in [6, 6.07) is 8.30. The van der Waals surface area contributed by atoms with Crippen molar-refractivity contribution >= 4 is 0 Å². The molecule has 0 spiro atoms. The third-order valence-corrected chi connectivity index (χ3v) is 8.28. The van der Waals surface area contributed by atoms with Gasteiger partial charge in [0.15, 0.2) is 11.6 Å². The predicted molar refractivity (Wildman–Crippen MR) is 142 cm³/mol. The fraction of sp³-hybridized carbons (Fsp3) is 0.455. The minimum absolute atomic E-state index is 0.0484. The van der Waals surface area contributed by atoms with Gasteiger partial charge in [-0.05, 0) is 118 Å². The van der Waals surface area contributed by atoms with Gasteiger partial charge in [-0.3, -0.25) is 0 Å². The quantitative estimate of drug-likeness (QED) is 0.268. The van der Waals surface area contributed by atoms with Gasteiger partial charge in [-0.2, -0.15) is 0 Å². The van der Waals surface area contributed by atoms with Gasteiger partial charge < -0.3 is 0 Å². The van der Waals surface area contributed by atoms with E-state index in [0.29, 0.717) is 24.3 Å². The summed E-state index contributed by atoms with van der Waals surface area (Å²) in [6.45, 7) is 5.75. The second-order valence-electron chi connectivity index (χ2n) is 10.6. The molecule has 2 aromatic rings. The number of allylic oxidation sites excluding steroid dienone is 3. The Hall–Kier alpha value is -2.73. The van der Waals surface area contributed by atoms with Crippen molar-refractivity contribution in [3.05, 3.63) is 94.8 Å². The van der Waals surface area contributed by atoms with Crippen LogP contribution in [-0.4, -0.2) is 0 Å². The van der Waals surface area contributed by atoms with Gasteiger partial charge in [-0.1, -0.05) is 48.6 Å². The van der Waals surface area contributed by atoms with Crippen molar-refractivity contribution in [2.75, 3.05) is 0 Å². The Bertz CT molecular complexity index is 1150. The first-order chi connectivity index (χ1) is 17.5. The molecule has 2 aliphatic carbocycles. The van der Waals surface area contributed by atoms with E-state index in [1.54, 1.807) is 18.2 Å². The summed E-state index contributed by atoms with van der Waals surface area (Å²) in [5.74, 6) is 5.90. The van der Waals surface area contributed by atoms with Gasteiger partial charge in [0.05, 0.1) is 11.1 Å². The SMILES string of the molecule is C=CCCC1CCC2CC(c3ccc(C#Cc4ccc(CC/C=C/C)c(F)c4F)c(F)c3)CCC2C1. The molecule has 3 heteroatoms. The molecule has 4 rings (SSSR count). The van der Waals surface area contributed by atoms with Crippen molar-refractivity contribution in [1.82, 2.24) is 0 Å². The molecule has 0 aliphatic heterocycles.